The van der Waals surface area contributed by atoms with Gasteiger partial charge in [-0.2, -0.15) is 10.1 Å². The summed E-state index contributed by atoms with van der Waals surface area (Å²) in [5.41, 5.74) is 1.79. The fraction of sp³-hybridized carbons (Fsp3) is 0.0667. The predicted molar refractivity (Wildman–Crippen MR) is 90.5 cm³/mol. The maximum Gasteiger partial charge on any atom is 0.226 e. The van der Waals surface area contributed by atoms with Crippen LogP contribution in [0, 0.1) is 0 Å². The number of fused-ring (bicyclic) bond motifs is 1. The Hall–Kier alpha value is -1.82. The van der Waals surface area contributed by atoms with E-state index in [0.29, 0.717) is 16.0 Å². The first-order valence-electron chi connectivity index (χ1n) is 6.59. The number of anilines is 1. The third-order valence-corrected chi connectivity index (χ3v) is 4.95. The molecule has 22 heavy (non-hydrogen) atoms. The molecular formula is C15H10Cl2N4S. The number of hydrogen-bond donors (Lipinski definition) is 1. The van der Waals surface area contributed by atoms with E-state index in [2.05, 4.69) is 32.9 Å². The van der Waals surface area contributed by atoms with Gasteiger partial charge in [-0.3, -0.25) is 0 Å². The summed E-state index contributed by atoms with van der Waals surface area (Å²) in [5, 5.41) is 10.9. The molecule has 3 aromatic rings. The topological polar surface area (TPSA) is 42.7 Å². The molecule has 0 bridgehead atoms. The van der Waals surface area contributed by atoms with Gasteiger partial charge in [0.05, 0.1) is 5.02 Å². The fourth-order valence-corrected chi connectivity index (χ4v) is 3.75. The molecule has 0 saturated heterocycles. The number of halogens is 2. The normalized spacial score (nSPS) is 16.8. The van der Waals surface area contributed by atoms with Gasteiger partial charge in [-0.25, -0.2) is 4.68 Å². The average Bonchev–Trinajstić information content (AvgIpc) is 3.17. The molecule has 2 aromatic heterocycles. The van der Waals surface area contributed by atoms with Crippen LogP contribution in [0.15, 0.2) is 48.1 Å². The molecule has 110 valence electrons. The third kappa shape index (κ3) is 2.31. The van der Waals surface area contributed by atoms with Crippen molar-refractivity contribution in [1.82, 2.24) is 14.8 Å². The molecule has 7 heteroatoms. The van der Waals surface area contributed by atoms with Crippen molar-refractivity contribution < 1.29 is 0 Å². The van der Waals surface area contributed by atoms with Crippen molar-refractivity contribution in [3.8, 4) is 0 Å². The molecule has 0 aliphatic carbocycles. The first-order valence-corrected chi connectivity index (χ1v) is 8.23. The number of thiophene rings is 1. The smallest absolute Gasteiger partial charge is 0.226 e. The average molecular weight is 349 g/mol. The number of allylic oxidation sites excluding steroid dienone is 1. The van der Waals surface area contributed by atoms with Crippen LogP contribution in [-0.2, 0) is 0 Å². The van der Waals surface area contributed by atoms with Crippen LogP contribution in [0.3, 0.4) is 0 Å². The molecule has 1 atom stereocenters. The molecule has 0 unspecified atom stereocenters. The Morgan fingerprint density at radius 2 is 2.14 bits per heavy atom. The van der Waals surface area contributed by atoms with Crippen LogP contribution in [0.1, 0.15) is 16.5 Å². The van der Waals surface area contributed by atoms with Crippen LogP contribution in [0.25, 0.3) is 5.70 Å². The largest absolute Gasteiger partial charge is 0.324 e. The van der Waals surface area contributed by atoms with Crippen molar-refractivity contribution in [1.29, 1.82) is 0 Å². The predicted octanol–water partition coefficient (Wildman–Crippen LogP) is 4.70. The molecule has 0 amide bonds. The van der Waals surface area contributed by atoms with Crippen LogP contribution >= 0.6 is 34.5 Å². The zero-order chi connectivity index (χ0) is 15.1. The van der Waals surface area contributed by atoms with Gasteiger partial charge in [-0.15, -0.1) is 11.3 Å². The summed E-state index contributed by atoms with van der Waals surface area (Å²) < 4.78 is 1.86. The minimum atomic E-state index is 0.000458. The number of rotatable bonds is 2. The van der Waals surface area contributed by atoms with Gasteiger partial charge in [0.15, 0.2) is 0 Å². The summed E-state index contributed by atoms with van der Waals surface area (Å²) in [6.07, 6.45) is 3.64. The van der Waals surface area contributed by atoms with Crippen molar-refractivity contribution in [3.63, 3.8) is 0 Å². The molecule has 0 radical (unpaired) electrons. The lowest BCUT2D eigenvalue weighted by atomic mass is 10.1. The van der Waals surface area contributed by atoms with E-state index < -0.39 is 0 Å². The lowest BCUT2D eigenvalue weighted by molar-refractivity contribution is 0.620. The summed E-state index contributed by atoms with van der Waals surface area (Å²) in [7, 11) is 0. The number of aromatic nitrogens is 3. The summed E-state index contributed by atoms with van der Waals surface area (Å²) in [6.45, 7) is 0. The van der Waals surface area contributed by atoms with E-state index >= 15 is 0 Å². The van der Waals surface area contributed by atoms with E-state index in [1.54, 1.807) is 23.7 Å². The Morgan fingerprint density at radius 3 is 2.91 bits per heavy atom. The van der Waals surface area contributed by atoms with E-state index in [1.165, 1.54) is 4.88 Å². The quantitative estimate of drug-likeness (QED) is 0.729. The number of hydrogen-bond acceptors (Lipinski definition) is 4. The zero-order valence-corrected chi connectivity index (χ0v) is 13.5. The van der Waals surface area contributed by atoms with Crippen LogP contribution in [0.2, 0.25) is 10.0 Å². The maximum absolute atomic E-state index is 6.33. The lowest BCUT2D eigenvalue weighted by Gasteiger charge is -2.23. The Bertz CT molecular complexity index is 854. The number of nitrogens with one attached hydrogen (secondary N) is 1. The molecule has 4 nitrogen and oxygen atoms in total. The van der Waals surface area contributed by atoms with Crippen molar-refractivity contribution >= 4 is 46.2 Å². The summed E-state index contributed by atoms with van der Waals surface area (Å²) in [5.74, 6) is 0.696. The van der Waals surface area contributed by atoms with Crippen LogP contribution in [-0.4, -0.2) is 14.8 Å². The third-order valence-electron chi connectivity index (χ3n) is 3.46. The summed E-state index contributed by atoms with van der Waals surface area (Å²) in [6, 6.07) is 9.58. The van der Waals surface area contributed by atoms with Gasteiger partial charge in [0.25, 0.3) is 0 Å². The second-order valence-corrected chi connectivity index (χ2v) is 6.64. The van der Waals surface area contributed by atoms with Crippen LogP contribution < -0.4 is 5.32 Å². The molecule has 1 N–H and O–H groups in total. The van der Waals surface area contributed by atoms with Gasteiger partial charge in [-0.1, -0.05) is 29.3 Å². The molecule has 3 heterocycles. The van der Waals surface area contributed by atoms with Crippen molar-refractivity contribution in [3.05, 3.63) is 68.6 Å². The second kappa shape index (κ2) is 5.43. The Kier molecular flexibility index (Phi) is 3.41. The molecule has 1 aliphatic rings. The molecule has 0 spiro atoms. The molecule has 0 fully saturated rings. The molecule has 1 aliphatic heterocycles. The second-order valence-electron chi connectivity index (χ2n) is 4.82. The lowest BCUT2D eigenvalue weighted by Crippen LogP contribution is -2.19. The van der Waals surface area contributed by atoms with Gasteiger partial charge < -0.3 is 5.32 Å². The standard InChI is InChI=1S/C15H10Cl2N4S/c16-9-3-4-10(11(17)6-9)12-7-13(14-2-1-5-22-14)21-15(20-12)18-8-19-21/h1-8,13H,(H,18,19,20)/t13-/m0/s1. The van der Waals surface area contributed by atoms with Crippen molar-refractivity contribution in [2.75, 3.05) is 5.32 Å². The van der Waals surface area contributed by atoms with Crippen molar-refractivity contribution in [2.24, 2.45) is 0 Å². The van der Waals surface area contributed by atoms with E-state index in [0.717, 1.165) is 11.3 Å². The first kappa shape index (κ1) is 13.8. The number of benzene rings is 1. The molecular weight excluding hydrogens is 339 g/mol. The van der Waals surface area contributed by atoms with Crippen LogP contribution in [0.4, 0.5) is 5.95 Å². The summed E-state index contributed by atoms with van der Waals surface area (Å²) in [4.78, 5) is 5.47. The van der Waals surface area contributed by atoms with E-state index in [1.807, 2.05) is 22.9 Å². The van der Waals surface area contributed by atoms with E-state index in [9.17, 15) is 0 Å². The van der Waals surface area contributed by atoms with Crippen molar-refractivity contribution in [2.45, 2.75) is 6.04 Å². The SMILES string of the molecule is Clc1ccc(C2=C[C@@H](c3cccs3)n3ncnc3N2)c(Cl)c1. The highest BCUT2D eigenvalue weighted by atomic mass is 35.5. The van der Waals surface area contributed by atoms with Gasteiger partial charge in [0, 0.05) is 21.2 Å². The van der Waals surface area contributed by atoms with E-state index in [-0.39, 0.29) is 6.04 Å². The van der Waals surface area contributed by atoms with Crippen LogP contribution in [0.5, 0.6) is 0 Å². The molecule has 4 rings (SSSR count). The first-order chi connectivity index (χ1) is 10.7. The summed E-state index contributed by atoms with van der Waals surface area (Å²) >= 11 is 14.0. The fourth-order valence-electron chi connectivity index (χ4n) is 2.46. The van der Waals surface area contributed by atoms with Gasteiger partial charge >= 0.3 is 0 Å². The highest BCUT2D eigenvalue weighted by molar-refractivity contribution is 7.10. The number of nitrogens with zero attached hydrogens (tertiary/aromatic N) is 3. The highest BCUT2D eigenvalue weighted by Crippen LogP contribution is 2.36. The monoisotopic (exact) mass is 348 g/mol. The Labute approximate surface area is 141 Å². The van der Waals surface area contributed by atoms with Gasteiger partial charge in [0.2, 0.25) is 5.95 Å². The molecule has 1 aromatic carbocycles. The minimum absolute atomic E-state index is 0.000458. The zero-order valence-electron chi connectivity index (χ0n) is 11.2. The van der Waals surface area contributed by atoms with Gasteiger partial charge in [-0.05, 0) is 35.7 Å². The highest BCUT2D eigenvalue weighted by Gasteiger charge is 2.24. The Morgan fingerprint density at radius 1 is 1.23 bits per heavy atom. The molecule has 0 saturated carbocycles. The van der Waals surface area contributed by atoms with Gasteiger partial charge in [0.1, 0.15) is 12.4 Å². The Balaban J connectivity index is 1.83. The van der Waals surface area contributed by atoms with E-state index in [4.69, 9.17) is 23.2 Å². The maximum atomic E-state index is 6.33. The minimum Gasteiger partial charge on any atom is -0.324 e.